The summed E-state index contributed by atoms with van der Waals surface area (Å²) in [5.74, 6) is 1.72. The smallest absolute Gasteiger partial charge is 0.160 e. The average Bonchev–Trinajstić information content (AvgIpc) is 2.48. The van der Waals surface area contributed by atoms with Gasteiger partial charge in [-0.1, -0.05) is 6.07 Å². The molecule has 0 spiro atoms. The first kappa shape index (κ1) is 13.3. The molecule has 0 aliphatic rings. The third-order valence-electron chi connectivity index (χ3n) is 2.76. The third kappa shape index (κ3) is 3.20. The van der Waals surface area contributed by atoms with Crippen LogP contribution in [0.15, 0.2) is 36.7 Å². The number of ether oxygens (including phenoxy) is 2. The van der Waals surface area contributed by atoms with Crippen LogP contribution in [0, 0.1) is 0 Å². The number of hydrogen-bond acceptors (Lipinski definition) is 5. The van der Waals surface area contributed by atoms with Crippen LogP contribution in [0.4, 0.5) is 0 Å². The van der Waals surface area contributed by atoms with Gasteiger partial charge < -0.3 is 14.6 Å². The van der Waals surface area contributed by atoms with Gasteiger partial charge >= 0.3 is 0 Å². The van der Waals surface area contributed by atoms with Gasteiger partial charge in [0.15, 0.2) is 17.3 Å². The molecule has 2 aromatic rings. The van der Waals surface area contributed by atoms with Crippen molar-refractivity contribution >= 4 is 0 Å². The zero-order valence-corrected chi connectivity index (χ0v) is 10.9. The van der Waals surface area contributed by atoms with Crippen molar-refractivity contribution in [2.75, 3.05) is 14.2 Å². The van der Waals surface area contributed by atoms with Crippen molar-refractivity contribution in [3.63, 3.8) is 0 Å². The molecule has 5 heteroatoms. The maximum atomic E-state index is 10.1. The van der Waals surface area contributed by atoms with E-state index in [1.54, 1.807) is 32.7 Å². The maximum Gasteiger partial charge on any atom is 0.160 e. The monoisotopic (exact) mass is 260 g/mol. The Hall–Kier alpha value is -2.14. The summed E-state index contributed by atoms with van der Waals surface area (Å²) in [4.78, 5) is 8.07. The summed E-state index contributed by atoms with van der Waals surface area (Å²) in [6, 6.07) is 7.25. The van der Waals surface area contributed by atoms with Crippen LogP contribution < -0.4 is 9.47 Å². The van der Waals surface area contributed by atoms with Gasteiger partial charge in [0.1, 0.15) is 6.10 Å². The Balaban J connectivity index is 2.15. The van der Waals surface area contributed by atoms with Crippen LogP contribution in [0.25, 0.3) is 0 Å². The van der Waals surface area contributed by atoms with Crippen molar-refractivity contribution in [3.05, 3.63) is 48.0 Å². The van der Waals surface area contributed by atoms with Crippen LogP contribution in [0.1, 0.15) is 17.5 Å². The van der Waals surface area contributed by atoms with E-state index in [1.165, 1.54) is 0 Å². The lowest BCUT2D eigenvalue weighted by Crippen LogP contribution is -2.06. The molecule has 2 rings (SSSR count). The molecule has 1 aromatic heterocycles. The number of methoxy groups -OCH3 is 2. The predicted molar refractivity (Wildman–Crippen MR) is 70.2 cm³/mol. The first-order chi connectivity index (χ1) is 9.24. The minimum Gasteiger partial charge on any atom is -0.493 e. The van der Waals surface area contributed by atoms with E-state index in [0.29, 0.717) is 23.7 Å². The van der Waals surface area contributed by atoms with Crippen molar-refractivity contribution in [2.45, 2.75) is 12.5 Å². The van der Waals surface area contributed by atoms with Crippen molar-refractivity contribution in [1.29, 1.82) is 0 Å². The molecular weight excluding hydrogens is 244 g/mol. The molecule has 0 aliphatic carbocycles. The lowest BCUT2D eigenvalue weighted by atomic mass is 10.1. The number of aromatic nitrogens is 2. The zero-order valence-electron chi connectivity index (χ0n) is 10.9. The number of benzene rings is 1. The van der Waals surface area contributed by atoms with Crippen molar-refractivity contribution in [1.82, 2.24) is 9.97 Å². The highest BCUT2D eigenvalue weighted by Crippen LogP contribution is 2.29. The minimum atomic E-state index is -0.737. The number of nitrogens with zero attached hydrogens (tertiary/aromatic N) is 2. The average molecular weight is 260 g/mol. The van der Waals surface area contributed by atoms with Gasteiger partial charge in [0.25, 0.3) is 0 Å². The molecule has 0 aliphatic heterocycles. The molecular formula is C14H16N2O3. The van der Waals surface area contributed by atoms with Gasteiger partial charge in [0, 0.05) is 18.8 Å². The number of aliphatic hydroxyl groups is 1. The number of aliphatic hydroxyl groups excluding tert-OH is 1. The van der Waals surface area contributed by atoms with E-state index in [4.69, 9.17) is 9.47 Å². The molecule has 1 aromatic carbocycles. The van der Waals surface area contributed by atoms with E-state index in [2.05, 4.69) is 9.97 Å². The van der Waals surface area contributed by atoms with E-state index >= 15 is 0 Å². The van der Waals surface area contributed by atoms with E-state index in [9.17, 15) is 5.11 Å². The molecule has 0 bridgehead atoms. The highest BCUT2D eigenvalue weighted by atomic mass is 16.5. The van der Waals surface area contributed by atoms with E-state index in [-0.39, 0.29) is 0 Å². The summed E-state index contributed by atoms with van der Waals surface area (Å²) in [6.07, 6.45) is 2.91. The molecule has 1 N–H and O–H groups in total. The summed E-state index contributed by atoms with van der Waals surface area (Å²) in [7, 11) is 3.17. The van der Waals surface area contributed by atoms with Gasteiger partial charge in [-0.05, 0) is 23.8 Å². The molecule has 1 unspecified atom stereocenters. The van der Waals surface area contributed by atoms with Crippen molar-refractivity contribution in [3.8, 4) is 11.5 Å². The van der Waals surface area contributed by atoms with Gasteiger partial charge in [-0.25, -0.2) is 9.97 Å². The molecule has 0 saturated heterocycles. The van der Waals surface area contributed by atoms with E-state index in [0.717, 1.165) is 5.56 Å². The normalized spacial score (nSPS) is 11.9. The zero-order chi connectivity index (χ0) is 13.7. The van der Waals surface area contributed by atoms with Crippen molar-refractivity contribution < 1.29 is 14.6 Å². The predicted octanol–water partition coefficient (Wildman–Crippen LogP) is 1.77. The van der Waals surface area contributed by atoms with Gasteiger partial charge in [-0.15, -0.1) is 0 Å². The van der Waals surface area contributed by atoms with Crippen LogP contribution in [0.5, 0.6) is 11.5 Å². The topological polar surface area (TPSA) is 64.5 Å². The molecule has 0 radical (unpaired) electrons. The minimum absolute atomic E-state index is 0.414. The second kappa shape index (κ2) is 6.15. The molecule has 1 atom stereocenters. The lowest BCUT2D eigenvalue weighted by Gasteiger charge is -2.12. The Labute approximate surface area is 111 Å². The van der Waals surface area contributed by atoms with Crippen LogP contribution in [-0.4, -0.2) is 29.3 Å². The van der Waals surface area contributed by atoms with Crippen LogP contribution in [0.3, 0.4) is 0 Å². The third-order valence-corrected chi connectivity index (χ3v) is 2.76. The van der Waals surface area contributed by atoms with Crippen LogP contribution >= 0.6 is 0 Å². The van der Waals surface area contributed by atoms with Crippen molar-refractivity contribution in [2.24, 2.45) is 0 Å². The lowest BCUT2D eigenvalue weighted by molar-refractivity contribution is 0.168. The molecule has 5 nitrogen and oxygen atoms in total. The second-order valence-corrected chi connectivity index (χ2v) is 4.02. The Bertz CT molecular complexity index is 531. The Morgan fingerprint density at radius 3 is 2.42 bits per heavy atom. The molecule has 19 heavy (non-hydrogen) atoms. The summed E-state index contributed by atoms with van der Waals surface area (Å²) in [5.41, 5.74) is 0.928. The van der Waals surface area contributed by atoms with Gasteiger partial charge in [-0.2, -0.15) is 0 Å². The molecule has 0 saturated carbocycles. The number of hydrogen-bond donors (Lipinski definition) is 1. The number of rotatable bonds is 5. The SMILES string of the molecule is COc1ccc(CC(O)c2ncccn2)cc1OC. The van der Waals surface area contributed by atoms with Gasteiger partial charge in [0.2, 0.25) is 0 Å². The Morgan fingerprint density at radius 1 is 1.11 bits per heavy atom. The quantitative estimate of drug-likeness (QED) is 0.887. The molecule has 100 valence electrons. The highest BCUT2D eigenvalue weighted by Gasteiger charge is 2.13. The summed E-state index contributed by atoms with van der Waals surface area (Å²) >= 11 is 0. The summed E-state index contributed by atoms with van der Waals surface area (Å²) in [5, 5.41) is 10.1. The molecule has 0 fully saturated rings. The fourth-order valence-corrected chi connectivity index (χ4v) is 1.80. The van der Waals surface area contributed by atoms with E-state index in [1.807, 2.05) is 18.2 Å². The van der Waals surface area contributed by atoms with E-state index < -0.39 is 6.10 Å². The second-order valence-electron chi connectivity index (χ2n) is 4.02. The largest absolute Gasteiger partial charge is 0.493 e. The van der Waals surface area contributed by atoms with Crippen LogP contribution in [0.2, 0.25) is 0 Å². The standard InChI is InChI=1S/C14H16N2O3/c1-18-12-5-4-10(9-13(12)19-2)8-11(17)14-15-6-3-7-16-14/h3-7,9,11,17H,8H2,1-2H3. The summed E-state index contributed by atoms with van der Waals surface area (Å²) < 4.78 is 10.4. The molecule has 1 heterocycles. The maximum absolute atomic E-state index is 10.1. The fraction of sp³-hybridized carbons (Fsp3) is 0.286. The Morgan fingerprint density at radius 2 is 1.79 bits per heavy atom. The van der Waals surface area contributed by atoms with Crippen LogP contribution in [-0.2, 0) is 6.42 Å². The summed E-state index contributed by atoms with van der Waals surface area (Å²) in [6.45, 7) is 0. The fourth-order valence-electron chi connectivity index (χ4n) is 1.80. The molecule has 0 amide bonds. The van der Waals surface area contributed by atoms with Gasteiger partial charge in [-0.3, -0.25) is 0 Å². The first-order valence-electron chi connectivity index (χ1n) is 5.90. The van der Waals surface area contributed by atoms with Gasteiger partial charge in [0.05, 0.1) is 14.2 Å². The first-order valence-corrected chi connectivity index (χ1v) is 5.90. The highest BCUT2D eigenvalue weighted by molar-refractivity contribution is 5.43. The Kier molecular flexibility index (Phi) is 4.30.